The zero-order chi connectivity index (χ0) is 26.8. The van der Waals surface area contributed by atoms with Gasteiger partial charge in [-0.15, -0.1) is 0 Å². The quantitative estimate of drug-likeness (QED) is 0.237. The molecule has 0 aliphatic carbocycles. The van der Waals surface area contributed by atoms with Crippen LogP contribution in [0.15, 0.2) is 117 Å². The molecule has 13 heteroatoms. The number of sulfone groups is 1. The molecular formula is C24H20N2O8S3. The van der Waals surface area contributed by atoms with Gasteiger partial charge in [-0.3, -0.25) is 9.44 Å². The lowest BCUT2D eigenvalue weighted by Crippen LogP contribution is -2.14. The lowest BCUT2D eigenvalue weighted by molar-refractivity contribution is 0.475. The van der Waals surface area contributed by atoms with Crippen molar-refractivity contribution >= 4 is 41.3 Å². The minimum atomic E-state index is -4.31. The van der Waals surface area contributed by atoms with E-state index in [1.54, 1.807) is 0 Å². The summed E-state index contributed by atoms with van der Waals surface area (Å²) in [7, 11) is -12.7. The summed E-state index contributed by atoms with van der Waals surface area (Å²) in [6.45, 7) is 0. The van der Waals surface area contributed by atoms with Crippen LogP contribution in [0.25, 0.3) is 0 Å². The van der Waals surface area contributed by atoms with Crippen LogP contribution >= 0.6 is 0 Å². The van der Waals surface area contributed by atoms with E-state index in [-0.39, 0.29) is 42.5 Å². The zero-order valence-electron chi connectivity index (χ0n) is 18.8. The fraction of sp³-hybridized carbons (Fsp3) is 0. The van der Waals surface area contributed by atoms with E-state index < -0.39 is 29.9 Å². The minimum Gasteiger partial charge on any atom is -0.508 e. The highest BCUT2D eigenvalue weighted by Crippen LogP contribution is 2.27. The van der Waals surface area contributed by atoms with Crippen molar-refractivity contribution in [3.05, 3.63) is 97.1 Å². The molecule has 192 valence electrons. The van der Waals surface area contributed by atoms with E-state index in [9.17, 15) is 35.5 Å². The standard InChI is InChI=1S/C24H20N2O8S3/c27-19-11-7-17(8-12-19)25-36(31,32)23-5-1-3-21(15-23)35(29,30)22-4-2-6-24(16-22)37(33,34)26-18-9-13-20(28)14-10-18/h1-16,25-28H. The Hall–Kier alpha value is -4.07. The van der Waals surface area contributed by atoms with Gasteiger partial charge < -0.3 is 10.2 Å². The van der Waals surface area contributed by atoms with Crippen molar-refractivity contribution in [2.75, 3.05) is 9.44 Å². The first-order chi connectivity index (χ1) is 17.4. The van der Waals surface area contributed by atoms with Crippen LogP contribution in [0, 0.1) is 0 Å². The maximum atomic E-state index is 13.3. The van der Waals surface area contributed by atoms with Gasteiger partial charge in [-0.2, -0.15) is 0 Å². The number of nitrogens with one attached hydrogen (secondary N) is 2. The maximum Gasteiger partial charge on any atom is 0.261 e. The van der Waals surface area contributed by atoms with Crippen LogP contribution in [0.5, 0.6) is 11.5 Å². The van der Waals surface area contributed by atoms with Gasteiger partial charge >= 0.3 is 0 Å². The van der Waals surface area contributed by atoms with Crippen LogP contribution in [0.1, 0.15) is 0 Å². The molecule has 4 aromatic carbocycles. The van der Waals surface area contributed by atoms with E-state index in [1.165, 1.54) is 84.9 Å². The molecule has 0 amide bonds. The lowest BCUT2D eigenvalue weighted by Gasteiger charge is -2.12. The van der Waals surface area contributed by atoms with Crippen LogP contribution in [0.2, 0.25) is 0 Å². The Labute approximate surface area is 213 Å². The SMILES string of the molecule is O=S(=O)(Nc1ccc(O)cc1)c1cccc(S(=O)(=O)c2cccc(S(=O)(=O)Nc3ccc(O)cc3)c2)c1. The molecule has 37 heavy (non-hydrogen) atoms. The first-order valence-corrected chi connectivity index (χ1v) is 14.9. The van der Waals surface area contributed by atoms with Crippen molar-refractivity contribution in [3.8, 4) is 11.5 Å². The highest BCUT2D eigenvalue weighted by atomic mass is 32.2. The number of aromatic hydroxyl groups is 2. The number of phenolic OH excluding ortho intramolecular Hbond substituents is 2. The van der Waals surface area contributed by atoms with Crippen molar-refractivity contribution in [2.45, 2.75) is 19.6 Å². The Balaban J connectivity index is 1.65. The van der Waals surface area contributed by atoms with E-state index >= 15 is 0 Å². The third-order valence-electron chi connectivity index (χ3n) is 5.09. The van der Waals surface area contributed by atoms with Gasteiger partial charge in [0.05, 0.1) is 19.6 Å². The molecule has 0 saturated heterocycles. The van der Waals surface area contributed by atoms with Crippen molar-refractivity contribution in [2.24, 2.45) is 0 Å². The summed E-state index contributed by atoms with van der Waals surface area (Å²) in [4.78, 5) is -1.39. The van der Waals surface area contributed by atoms with E-state index in [1.807, 2.05) is 0 Å². The minimum absolute atomic E-state index is 0.0569. The fourth-order valence-electron chi connectivity index (χ4n) is 3.24. The van der Waals surface area contributed by atoms with Crippen LogP contribution in [0.3, 0.4) is 0 Å². The van der Waals surface area contributed by atoms with E-state index in [2.05, 4.69) is 9.44 Å². The van der Waals surface area contributed by atoms with Gasteiger partial charge in [0.25, 0.3) is 20.0 Å². The number of benzene rings is 4. The summed E-state index contributed by atoms with van der Waals surface area (Å²) in [6.07, 6.45) is 0. The number of hydrogen-bond donors (Lipinski definition) is 4. The van der Waals surface area contributed by atoms with Crippen LogP contribution in [0.4, 0.5) is 11.4 Å². The summed E-state index contributed by atoms with van der Waals surface area (Å²) >= 11 is 0. The summed E-state index contributed by atoms with van der Waals surface area (Å²) in [5, 5.41) is 18.7. The van der Waals surface area contributed by atoms with Gasteiger partial charge in [0.2, 0.25) is 9.84 Å². The molecule has 4 N–H and O–H groups in total. The summed E-state index contributed by atoms with van der Waals surface area (Å²) in [5.41, 5.74) is 0.315. The van der Waals surface area contributed by atoms with Gasteiger partial charge in [-0.25, -0.2) is 25.3 Å². The van der Waals surface area contributed by atoms with Crippen molar-refractivity contribution < 1.29 is 35.5 Å². The molecule has 0 saturated carbocycles. The maximum absolute atomic E-state index is 13.3. The second kappa shape index (κ2) is 9.76. The predicted molar refractivity (Wildman–Crippen MR) is 136 cm³/mol. The van der Waals surface area contributed by atoms with Crippen molar-refractivity contribution in [1.29, 1.82) is 0 Å². The monoisotopic (exact) mass is 560 g/mol. The molecule has 0 atom stereocenters. The van der Waals surface area contributed by atoms with Crippen molar-refractivity contribution in [3.63, 3.8) is 0 Å². The largest absolute Gasteiger partial charge is 0.508 e. The van der Waals surface area contributed by atoms with Gasteiger partial charge in [0.1, 0.15) is 11.5 Å². The Morgan fingerprint density at radius 3 is 1.14 bits per heavy atom. The fourth-order valence-corrected chi connectivity index (χ4v) is 6.95. The molecular weight excluding hydrogens is 540 g/mol. The Kier molecular flexibility index (Phi) is 6.86. The molecule has 0 aliphatic heterocycles. The summed E-state index contributed by atoms with van der Waals surface area (Å²) in [5.74, 6) is -0.114. The first-order valence-electron chi connectivity index (χ1n) is 10.5. The number of rotatable bonds is 8. The van der Waals surface area contributed by atoms with E-state index in [0.29, 0.717) is 0 Å². The normalized spacial score (nSPS) is 12.1. The molecule has 0 fully saturated rings. The number of anilines is 2. The zero-order valence-corrected chi connectivity index (χ0v) is 21.3. The topological polar surface area (TPSA) is 167 Å². The number of phenols is 2. The summed E-state index contributed by atoms with van der Waals surface area (Å²) < 4.78 is 82.4. The Morgan fingerprint density at radius 1 is 0.459 bits per heavy atom. The van der Waals surface area contributed by atoms with E-state index in [0.717, 1.165) is 12.1 Å². The lowest BCUT2D eigenvalue weighted by atomic mass is 10.3. The van der Waals surface area contributed by atoms with Crippen LogP contribution < -0.4 is 9.44 Å². The number of sulfonamides is 2. The second-order valence-corrected chi connectivity index (χ2v) is 13.1. The van der Waals surface area contributed by atoms with Gasteiger partial charge in [0, 0.05) is 11.4 Å². The molecule has 0 bridgehead atoms. The Bertz CT molecular complexity index is 1640. The van der Waals surface area contributed by atoms with Gasteiger partial charge in [0.15, 0.2) is 0 Å². The molecule has 0 radical (unpaired) electrons. The second-order valence-electron chi connectivity index (χ2n) is 7.76. The molecule has 4 rings (SSSR count). The van der Waals surface area contributed by atoms with Crippen LogP contribution in [-0.2, 0) is 29.9 Å². The Morgan fingerprint density at radius 2 is 0.784 bits per heavy atom. The molecule has 0 spiro atoms. The van der Waals surface area contributed by atoms with Crippen LogP contribution in [-0.4, -0.2) is 35.5 Å². The average molecular weight is 561 g/mol. The van der Waals surface area contributed by atoms with Crippen molar-refractivity contribution in [1.82, 2.24) is 0 Å². The average Bonchev–Trinajstić information content (AvgIpc) is 2.87. The van der Waals surface area contributed by atoms with E-state index in [4.69, 9.17) is 0 Å². The molecule has 0 unspecified atom stereocenters. The van der Waals surface area contributed by atoms with Gasteiger partial charge in [-0.05, 0) is 84.9 Å². The molecule has 4 aromatic rings. The molecule has 10 nitrogen and oxygen atoms in total. The highest BCUT2D eigenvalue weighted by molar-refractivity contribution is 7.93. The molecule has 0 aliphatic rings. The highest BCUT2D eigenvalue weighted by Gasteiger charge is 2.24. The summed E-state index contributed by atoms with van der Waals surface area (Å²) in [6, 6.07) is 19.8. The third kappa shape index (κ3) is 5.85. The third-order valence-corrected chi connectivity index (χ3v) is 9.60. The predicted octanol–water partition coefficient (Wildman–Crippen LogP) is 3.53. The van der Waals surface area contributed by atoms with Gasteiger partial charge in [-0.1, -0.05) is 12.1 Å². The number of hydrogen-bond acceptors (Lipinski definition) is 8. The smallest absolute Gasteiger partial charge is 0.261 e. The molecule has 0 aromatic heterocycles. The molecule has 0 heterocycles. The first kappa shape index (κ1) is 26.0.